The van der Waals surface area contributed by atoms with E-state index < -0.39 is 0 Å². The van der Waals surface area contributed by atoms with Crippen molar-refractivity contribution >= 4 is 29.1 Å². The largest absolute Gasteiger partial charge is 0.495 e. The summed E-state index contributed by atoms with van der Waals surface area (Å²) in [6.45, 7) is 2.06. The highest BCUT2D eigenvalue weighted by atomic mass is 35.5. The van der Waals surface area contributed by atoms with E-state index in [-0.39, 0.29) is 11.5 Å². The number of hydrogen-bond acceptors (Lipinski definition) is 4. The van der Waals surface area contributed by atoms with Gasteiger partial charge in [-0.1, -0.05) is 65.3 Å². The molecule has 0 bridgehead atoms. The lowest BCUT2D eigenvalue weighted by Gasteiger charge is -2.11. The zero-order valence-electron chi connectivity index (χ0n) is 17.2. The first-order valence-electron chi connectivity index (χ1n) is 9.76. The topological polar surface area (TPSA) is 44.1 Å². The van der Waals surface area contributed by atoms with Crippen LogP contribution in [0.1, 0.15) is 15.9 Å². The molecular weight excluding hydrogens is 428 g/mol. The molecule has 0 aliphatic carbocycles. The Hall–Kier alpha value is -3.02. The molecule has 0 unspecified atom stereocenters. The predicted octanol–water partition coefficient (Wildman–Crippen LogP) is 6.48. The maximum atomic E-state index is 12.7. The Morgan fingerprint density at radius 2 is 1.74 bits per heavy atom. The fourth-order valence-electron chi connectivity index (χ4n) is 3.18. The van der Waals surface area contributed by atoms with Crippen molar-refractivity contribution in [1.82, 2.24) is 9.55 Å². The summed E-state index contributed by atoms with van der Waals surface area (Å²) in [6, 6.07) is 22.9. The molecule has 0 saturated carbocycles. The highest BCUT2D eigenvalue weighted by molar-refractivity contribution is 7.99. The minimum Gasteiger partial charge on any atom is -0.495 e. The highest BCUT2D eigenvalue weighted by Crippen LogP contribution is 2.31. The van der Waals surface area contributed by atoms with E-state index in [1.54, 1.807) is 31.4 Å². The molecule has 3 aromatic carbocycles. The number of aryl methyl sites for hydroxylation is 1. The van der Waals surface area contributed by atoms with E-state index in [1.807, 2.05) is 35.0 Å². The van der Waals surface area contributed by atoms with Crippen molar-refractivity contribution in [3.05, 3.63) is 95.1 Å². The van der Waals surface area contributed by atoms with Gasteiger partial charge in [-0.2, -0.15) is 0 Å². The van der Waals surface area contributed by atoms with Crippen molar-refractivity contribution in [1.29, 1.82) is 0 Å². The van der Waals surface area contributed by atoms with Crippen molar-refractivity contribution in [3.8, 4) is 22.7 Å². The van der Waals surface area contributed by atoms with Crippen LogP contribution in [0, 0.1) is 6.92 Å². The van der Waals surface area contributed by atoms with Crippen LogP contribution in [0.3, 0.4) is 0 Å². The molecule has 156 valence electrons. The first-order chi connectivity index (χ1) is 15.0. The molecule has 0 N–H and O–H groups in total. The molecule has 31 heavy (non-hydrogen) atoms. The molecule has 4 aromatic rings. The van der Waals surface area contributed by atoms with Gasteiger partial charge in [0.15, 0.2) is 10.9 Å². The quantitative estimate of drug-likeness (QED) is 0.239. The van der Waals surface area contributed by atoms with Crippen LogP contribution < -0.4 is 4.74 Å². The Morgan fingerprint density at radius 3 is 2.45 bits per heavy atom. The average molecular weight is 449 g/mol. The highest BCUT2D eigenvalue weighted by Gasteiger charge is 2.16. The zero-order chi connectivity index (χ0) is 21.8. The summed E-state index contributed by atoms with van der Waals surface area (Å²) in [5, 5.41) is 1.33. The van der Waals surface area contributed by atoms with Gasteiger partial charge in [-0.05, 0) is 43.3 Å². The number of ketones is 1. The van der Waals surface area contributed by atoms with Gasteiger partial charge in [-0.25, -0.2) is 4.98 Å². The van der Waals surface area contributed by atoms with Crippen LogP contribution >= 0.6 is 23.4 Å². The van der Waals surface area contributed by atoms with Gasteiger partial charge < -0.3 is 4.74 Å². The number of halogens is 1. The number of para-hydroxylation sites is 2. The van der Waals surface area contributed by atoms with Crippen LogP contribution in [0.4, 0.5) is 0 Å². The third-order valence-electron chi connectivity index (χ3n) is 4.86. The Morgan fingerprint density at radius 1 is 1.03 bits per heavy atom. The van der Waals surface area contributed by atoms with Gasteiger partial charge in [0.25, 0.3) is 0 Å². The zero-order valence-corrected chi connectivity index (χ0v) is 18.8. The SMILES string of the molecule is COc1ccccc1-n1cc(-c2ccc(C)cc2)nc1SCC(=O)c1ccc(Cl)cc1. The lowest BCUT2D eigenvalue weighted by atomic mass is 10.1. The number of nitrogens with zero attached hydrogens (tertiary/aromatic N) is 2. The molecule has 0 amide bonds. The number of aromatic nitrogens is 2. The monoisotopic (exact) mass is 448 g/mol. The summed E-state index contributed by atoms with van der Waals surface area (Å²) in [4.78, 5) is 17.5. The molecule has 1 aromatic heterocycles. The van der Waals surface area contributed by atoms with Gasteiger partial charge in [0.2, 0.25) is 0 Å². The maximum absolute atomic E-state index is 12.7. The number of carbonyl (C=O) groups is 1. The molecular formula is C25H21ClN2O2S. The maximum Gasteiger partial charge on any atom is 0.173 e. The van der Waals surface area contributed by atoms with Crippen molar-refractivity contribution < 1.29 is 9.53 Å². The summed E-state index contributed by atoms with van der Waals surface area (Å²) < 4.78 is 7.53. The van der Waals surface area contributed by atoms with Gasteiger partial charge in [-0.3, -0.25) is 9.36 Å². The number of ether oxygens (including phenoxy) is 1. The first-order valence-corrected chi connectivity index (χ1v) is 11.1. The van der Waals surface area contributed by atoms with Gasteiger partial charge in [-0.15, -0.1) is 0 Å². The van der Waals surface area contributed by atoms with Crippen molar-refractivity contribution in [2.24, 2.45) is 0 Å². The number of rotatable bonds is 7. The second-order valence-corrected chi connectivity index (χ2v) is 8.41. The number of Topliss-reactive ketones (excluding diaryl/α,β-unsaturated/α-hetero) is 1. The van der Waals surface area contributed by atoms with Crippen LogP contribution in [0.5, 0.6) is 5.75 Å². The lowest BCUT2D eigenvalue weighted by Crippen LogP contribution is -2.04. The smallest absolute Gasteiger partial charge is 0.173 e. The van der Waals surface area contributed by atoms with Gasteiger partial charge in [0.05, 0.1) is 24.2 Å². The number of imidazole rings is 1. The normalized spacial score (nSPS) is 10.8. The second kappa shape index (κ2) is 9.41. The Kier molecular flexibility index (Phi) is 6.44. The van der Waals surface area contributed by atoms with Gasteiger partial charge in [0, 0.05) is 22.3 Å². The Labute approximate surface area is 190 Å². The second-order valence-electron chi connectivity index (χ2n) is 7.04. The third kappa shape index (κ3) is 4.84. The average Bonchev–Trinajstić information content (AvgIpc) is 3.22. The molecule has 0 spiro atoms. The van der Waals surface area contributed by atoms with E-state index in [0.29, 0.717) is 10.6 Å². The molecule has 0 atom stereocenters. The van der Waals surface area contributed by atoms with E-state index >= 15 is 0 Å². The van der Waals surface area contributed by atoms with E-state index in [0.717, 1.165) is 27.9 Å². The molecule has 0 saturated heterocycles. The molecule has 4 nitrogen and oxygen atoms in total. The van der Waals surface area contributed by atoms with Crippen LogP contribution in [0.15, 0.2) is 84.1 Å². The molecule has 0 aliphatic heterocycles. The van der Waals surface area contributed by atoms with E-state index in [1.165, 1.54) is 17.3 Å². The summed E-state index contributed by atoms with van der Waals surface area (Å²) in [6.07, 6.45) is 1.98. The van der Waals surface area contributed by atoms with Crippen LogP contribution in [-0.2, 0) is 0 Å². The van der Waals surface area contributed by atoms with Gasteiger partial charge >= 0.3 is 0 Å². The molecule has 4 rings (SSSR count). The molecule has 0 aliphatic rings. The Balaban J connectivity index is 1.68. The standard InChI is InChI=1S/C25H21ClN2O2S/c1-17-7-9-18(10-8-17)21-15-28(22-5-3-4-6-24(22)30-2)25(27-21)31-16-23(29)19-11-13-20(26)14-12-19/h3-15H,16H2,1-2H3. The van der Waals surface area contributed by atoms with Crippen LogP contribution in [0.2, 0.25) is 5.02 Å². The number of hydrogen-bond donors (Lipinski definition) is 0. The number of thioether (sulfide) groups is 1. The van der Waals surface area contributed by atoms with Gasteiger partial charge in [0.1, 0.15) is 5.75 Å². The number of benzene rings is 3. The minimum atomic E-state index is 0.0214. The van der Waals surface area contributed by atoms with Crippen molar-refractivity contribution in [3.63, 3.8) is 0 Å². The summed E-state index contributed by atoms with van der Waals surface area (Å²) in [7, 11) is 1.65. The van der Waals surface area contributed by atoms with Crippen molar-refractivity contribution in [2.45, 2.75) is 12.1 Å². The molecule has 6 heteroatoms. The first kappa shape index (κ1) is 21.2. The van der Waals surface area contributed by atoms with E-state index in [9.17, 15) is 4.79 Å². The fraction of sp³-hybridized carbons (Fsp3) is 0.120. The molecule has 0 fully saturated rings. The van der Waals surface area contributed by atoms with Crippen LogP contribution in [0.25, 0.3) is 16.9 Å². The third-order valence-corrected chi connectivity index (χ3v) is 6.07. The van der Waals surface area contributed by atoms with E-state index in [2.05, 4.69) is 31.2 Å². The van der Waals surface area contributed by atoms with E-state index in [4.69, 9.17) is 21.3 Å². The molecule has 0 radical (unpaired) electrons. The number of carbonyl (C=O) groups excluding carboxylic acids is 1. The summed E-state index contributed by atoms with van der Waals surface area (Å²) >= 11 is 7.34. The lowest BCUT2D eigenvalue weighted by molar-refractivity contribution is 0.102. The summed E-state index contributed by atoms with van der Waals surface area (Å²) in [5.41, 5.74) is 4.55. The predicted molar refractivity (Wildman–Crippen MR) is 127 cm³/mol. The Bertz CT molecular complexity index is 1200. The number of methoxy groups -OCH3 is 1. The molecule has 1 heterocycles. The van der Waals surface area contributed by atoms with Crippen molar-refractivity contribution in [2.75, 3.05) is 12.9 Å². The fourth-order valence-corrected chi connectivity index (χ4v) is 4.18. The minimum absolute atomic E-state index is 0.0214. The van der Waals surface area contributed by atoms with Crippen LogP contribution in [-0.4, -0.2) is 28.2 Å². The summed E-state index contributed by atoms with van der Waals surface area (Å²) in [5.74, 6) is 1.02.